The molecular formula is C11H16OS. The van der Waals surface area contributed by atoms with E-state index >= 15 is 0 Å². The van der Waals surface area contributed by atoms with Crippen LogP contribution in [0, 0.1) is 5.41 Å². The Balaban J connectivity index is 1.84. The Hall–Kier alpha value is -0.340. The molecule has 1 aliphatic carbocycles. The van der Waals surface area contributed by atoms with Crippen LogP contribution in [0.1, 0.15) is 31.2 Å². The zero-order chi connectivity index (χ0) is 9.15. The molecule has 0 radical (unpaired) electrons. The van der Waals surface area contributed by atoms with Gasteiger partial charge >= 0.3 is 0 Å². The van der Waals surface area contributed by atoms with E-state index < -0.39 is 0 Å². The molecule has 1 fully saturated rings. The molecule has 2 heteroatoms. The van der Waals surface area contributed by atoms with E-state index in [0.29, 0.717) is 12.0 Å². The average molecular weight is 196 g/mol. The van der Waals surface area contributed by atoms with Gasteiger partial charge in [0.05, 0.1) is 0 Å². The molecule has 1 aromatic heterocycles. The first-order chi connectivity index (χ1) is 6.35. The highest BCUT2D eigenvalue weighted by molar-refractivity contribution is 7.07. The van der Waals surface area contributed by atoms with Gasteiger partial charge in [-0.3, -0.25) is 0 Å². The monoisotopic (exact) mass is 196 g/mol. The minimum Gasteiger partial charge on any atom is -0.396 e. The first-order valence-electron chi connectivity index (χ1n) is 4.97. The highest BCUT2D eigenvalue weighted by atomic mass is 32.1. The summed E-state index contributed by atoms with van der Waals surface area (Å²) >= 11 is 1.76. The van der Waals surface area contributed by atoms with Crippen LogP contribution in [0.2, 0.25) is 0 Å². The molecule has 0 unspecified atom stereocenters. The van der Waals surface area contributed by atoms with Gasteiger partial charge in [-0.1, -0.05) is 6.42 Å². The van der Waals surface area contributed by atoms with Gasteiger partial charge in [0.2, 0.25) is 0 Å². The lowest BCUT2D eigenvalue weighted by Crippen LogP contribution is -2.33. The summed E-state index contributed by atoms with van der Waals surface area (Å²) in [7, 11) is 0. The second kappa shape index (κ2) is 3.81. The van der Waals surface area contributed by atoms with Crippen LogP contribution in [0.5, 0.6) is 0 Å². The second-order valence-corrected chi connectivity index (χ2v) is 4.92. The Labute approximate surface area is 83.4 Å². The van der Waals surface area contributed by atoms with Crippen molar-refractivity contribution in [3.63, 3.8) is 0 Å². The fraction of sp³-hybridized carbons (Fsp3) is 0.636. The van der Waals surface area contributed by atoms with Gasteiger partial charge in [0.15, 0.2) is 0 Å². The standard InChI is InChI=1S/C11H16OS/c12-9-11(4-1-5-11)6-2-10-3-7-13-8-10/h3,7-8,12H,1-2,4-6,9H2. The van der Waals surface area contributed by atoms with Gasteiger partial charge in [0, 0.05) is 6.61 Å². The van der Waals surface area contributed by atoms with Crippen LogP contribution in [0.25, 0.3) is 0 Å². The Bertz CT molecular complexity index is 244. The van der Waals surface area contributed by atoms with Crippen molar-refractivity contribution >= 4 is 11.3 Å². The van der Waals surface area contributed by atoms with Gasteiger partial charge in [-0.25, -0.2) is 0 Å². The molecule has 0 aliphatic heterocycles. The zero-order valence-electron chi connectivity index (χ0n) is 7.83. The SMILES string of the molecule is OCC1(CCc2ccsc2)CCC1. The van der Waals surface area contributed by atoms with Crippen LogP contribution in [-0.2, 0) is 6.42 Å². The Morgan fingerprint density at radius 3 is 2.77 bits per heavy atom. The lowest BCUT2D eigenvalue weighted by Gasteiger charge is -2.40. The van der Waals surface area contributed by atoms with Crippen molar-refractivity contribution in [2.75, 3.05) is 6.61 Å². The first kappa shape index (κ1) is 9.22. The maximum Gasteiger partial charge on any atom is 0.0487 e. The summed E-state index contributed by atoms with van der Waals surface area (Å²) in [5.74, 6) is 0. The fourth-order valence-electron chi connectivity index (χ4n) is 2.01. The van der Waals surface area contributed by atoms with Gasteiger partial charge in [-0.2, -0.15) is 11.3 Å². The second-order valence-electron chi connectivity index (χ2n) is 4.14. The van der Waals surface area contributed by atoms with E-state index in [1.807, 2.05) is 0 Å². The number of aliphatic hydroxyl groups is 1. The largest absolute Gasteiger partial charge is 0.396 e. The molecule has 1 N–H and O–H groups in total. The predicted octanol–water partition coefficient (Wildman–Crippen LogP) is 2.84. The van der Waals surface area contributed by atoms with Gasteiger partial charge < -0.3 is 5.11 Å². The minimum absolute atomic E-state index is 0.294. The molecular weight excluding hydrogens is 180 g/mol. The van der Waals surface area contributed by atoms with E-state index in [9.17, 15) is 5.11 Å². The van der Waals surface area contributed by atoms with Crippen LogP contribution in [0.3, 0.4) is 0 Å². The van der Waals surface area contributed by atoms with Crippen molar-refractivity contribution < 1.29 is 5.11 Å². The maximum absolute atomic E-state index is 9.27. The third-order valence-corrected chi connectivity index (χ3v) is 4.01. The summed E-state index contributed by atoms with van der Waals surface area (Å²) in [5.41, 5.74) is 1.73. The molecule has 0 atom stereocenters. The number of hydrogen-bond acceptors (Lipinski definition) is 2. The molecule has 0 aromatic carbocycles. The number of hydrogen-bond donors (Lipinski definition) is 1. The normalized spacial score (nSPS) is 19.8. The predicted molar refractivity (Wildman–Crippen MR) is 56.0 cm³/mol. The number of thiophene rings is 1. The maximum atomic E-state index is 9.27. The van der Waals surface area contributed by atoms with Crippen molar-refractivity contribution in [1.82, 2.24) is 0 Å². The van der Waals surface area contributed by atoms with E-state index in [1.54, 1.807) is 11.3 Å². The quantitative estimate of drug-likeness (QED) is 0.785. The van der Waals surface area contributed by atoms with Crippen LogP contribution in [0.4, 0.5) is 0 Å². The highest BCUT2D eigenvalue weighted by Crippen LogP contribution is 2.44. The zero-order valence-corrected chi connectivity index (χ0v) is 8.65. The van der Waals surface area contributed by atoms with E-state index in [-0.39, 0.29) is 0 Å². The molecule has 2 rings (SSSR count). The van der Waals surface area contributed by atoms with Gasteiger partial charge in [0.1, 0.15) is 0 Å². The number of aliphatic hydroxyl groups excluding tert-OH is 1. The van der Waals surface area contributed by atoms with E-state index in [2.05, 4.69) is 16.8 Å². The molecule has 0 saturated heterocycles. The van der Waals surface area contributed by atoms with Crippen molar-refractivity contribution in [3.05, 3.63) is 22.4 Å². The smallest absolute Gasteiger partial charge is 0.0487 e. The molecule has 1 aromatic rings. The topological polar surface area (TPSA) is 20.2 Å². The highest BCUT2D eigenvalue weighted by Gasteiger charge is 2.35. The summed E-state index contributed by atoms with van der Waals surface area (Å²) in [6, 6.07) is 2.19. The molecule has 1 aliphatic rings. The minimum atomic E-state index is 0.294. The fourth-order valence-corrected chi connectivity index (χ4v) is 2.71. The summed E-state index contributed by atoms with van der Waals surface area (Å²) in [4.78, 5) is 0. The van der Waals surface area contributed by atoms with Gasteiger partial charge in [0.25, 0.3) is 0 Å². The van der Waals surface area contributed by atoms with Crippen molar-refractivity contribution in [2.45, 2.75) is 32.1 Å². The van der Waals surface area contributed by atoms with Crippen LogP contribution < -0.4 is 0 Å². The average Bonchev–Trinajstić information content (AvgIpc) is 2.56. The molecule has 0 spiro atoms. The molecule has 1 nitrogen and oxygen atoms in total. The molecule has 1 heterocycles. The van der Waals surface area contributed by atoms with Crippen LogP contribution in [0.15, 0.2) is 16.8 Å². The Morgan fingerprint density at radius 1 is 1.46 bits per heavy atom. The van der Waals surface area contributed by atoms with Crippen LogP contribution in [-0.4, -0.2) is 11.7 Å². The van der Waals surface area contributed by atoms with Gasteiger partial charge in [-0.05, 0) is 53.5 Å². The first-order valence-corrected chi connectivity index (χ1v) is 5.91. The number of aryl methyl sites for hydroxylation is 1. The summed E-state index contributed by atoms with van der Waals surface area (Å²) in [6.07, 6.45) is 6.08. The van der Waals surface area contributed by atoms with E-state index in [1.165, 1.54) is 31.2 Å². The summed E-state index contributed by atoms with van der Waals surface area (Å²) in [6.45, 7) is 0.386. The molecule has 1 saturated carbocycles. The Morgan fingerprint density at radius 2 is 2.31 bits per heavy atom. The molecule has 0 amide bonds. The van der Waals surface area contributed by atoms with Crippen molar-refractivity contribution in [1.29, 1.82) is 0 Å². The van der Waals surface area contributed by atoms with E-state index in [0.717, 1.165) is 6.42 Å². The summed E-state index contributed by atoms with van der Waals surface area (Å²) < 4.78 is 0. The summed E-state index contributed by atoms with van der Waals surface area (Å²) in [5, 5.41) is 13.6. The van der Waals surface area contributed by atoms with Crippen molar-refractivity contribution in [3.8, 4) is 0 Å². The third kappa shape index (κ3) is 1.94. The lowest BCUT2D eigenvalue weighted by molar-refractivity contribution is 0.0365. The van der Waals surface area contributed by atoms with Crippen LogP contribution >= 0.6 is 11.3 Å². The third-order valence-electron chi connectivity index (χ3n) is 3.27. The molecule has 13 heavy (non-hydrogen) atoms. The molecule has 72 valence electrons. The van der Waals surface area contributed by atoms with Crippen molar-refractivity contribution in [2.24, 2.45) is 5.41 Å². The van der Waals surface area contributed by atoms with E-state index in [4.69, 9.17) is 0 Å². The Kier molecular flexibility index (Phi) is 2.70. The van der Waals surface area contributed by atoms with Gasteiger partial charge in [-0.15, -0.1) is 0 Å². The lowest BCUT2D eigenvalue weighted by atomic mass is 9.66. The molecule has 0 bridgehead atoms. The number of rotatable bonds is 4.